The summed E-state index contributed by atoms with van der Waals surface area (Å²) in [6.45, 7) is 1.86. The minimum absolute atomic E-state index is 0.259. The maximum absolute atomic E-state index is 11.5. The second kappa shape index (κ2) is 5.94. The van der Waals surface area contributed by atoms with Crippen LogP contribution < -0.4 is 10.1 Å². The van der Waals surface area contributed by atoms with E-state index >= 15 is 0 Å². The van der Waals surface area contributed by atoms with Crippen molar-refractivity contribution in [1.29, 1.82) is 0 Å². The predicted octanol–water partition coefficient (Wildman–Crippen LogP) is 4.74. The van der Waals surface area contributed by atoms with E-state index in [9.17, 15) is 5.11 Å². The fourth-order valence-electron chi connectivity index (χ4n) is 3.75. The first-order chi connectivity index (χ1) is 12.1. The number of benzene rings is 3. The van der Waals surface area contributed by atoms with Crippen LogP contribution in [0.1, 0.15) is 24.1 Å². The molecule has 1 aliphatic rings. The molecule has 0 fully saturated rings. The number of fused-ring (bicyclic) bond motifs is 3. The molecule has 0 radical (unpaired) electrons. The van der Waals surface area contributed by atoms with Crippen molar-refractivity contribution in [2.45, 2.75) is 18.6 Å². The summed E-state index contributed by atoms with van der Waals surface area (Å²) in [5, 5.41) is 15.0. The molecule has 0 amide bonds. The van der Waals surface area contributed by atoms with Gasteiger partial charge in [-0.05, 0) is 41.8 Å². The molecular weight excluding hydrogens is 310 g/mol. The highest BCUT2D eigenvalue weighted by atomic mass is 16.5. The van der Waals surface area contributed by atoms with E-state index in [0.29, 0.717) is 0 Å². The Labute approximate surface area is 147 Å². The molecule has 0 saturated heterocycles. The van der Waals surface area contributed by atoms with Crippen molar-refractivity contribution in [3.63, 3.8) is 0 Å². The molecule has 0 aromatic heterocycles. The second-order valence-electron chi connectivity index (χ2n) is 6.56. The maximum Gasteiger partial charge on any atom is 0.127 e. The molecule has 0 aliphatic heterocycles. The molecule has 3 nitrogen and oxygen atoms in total. The van der Waals surface area contributed by atoms with Gasteiger partial charge in [-0.1, -0.05) is 54.6 Å². The quantitative estimate of drug-likeness (QED) is 0.728. The van der Waals surface area contributed by atoms with E-state index in [1.54, 1.807) is 7.11 Å². The Morgan fingerprint density at radius 1 is 0.920 bits per heavy atom. The zero-order valence-corrected chi connectivity index (χ0v) is 14.4. The van der Waals surface area contributed by atoms with Crippen LogP contribution in [0.3, 0.4) is 0 Å². The Bertz CT molecular complexity index is 903. The number of hydrogen-bond acceptors (Lipinski definition) is 3. The smallest absolute Gasteiger partial charge is 0.127 e. The van der Waals surface area contributed by atoms with Crippen molar-refractivity contribution in [2.24, 2.45) is 0 Å². The lowest BCUT2D eigenvalue weighted by Crippen LogP contribution is -2.38. The number of ether oxygens (including phenoxy) is 1. The van der Waals surface area contributed by atoms with Crippen LogP contribution in [-0.2, 0) is 5.60 Å². The number of anilines is 1. The van der Waals surface area contributed by atoms with Crippen LogP contribution in [0, 0.1) is 0 Å². The molecule has 2 N–H and O–H groups in total. The number of rotatable bonds is 3. The Morgan fingerprint density at radius 3 is 2.40 bits per heavy atom. The largest absolute Gasteiger partial charge is 0.496 e. The second-order valence-corrected chi connectivity index (χ2v) is 6.56. The van der Waals surface area contributed by atoms with E-state index in [1.165, 1.54) is 0 Å². The van der Waals surface area contributed by atoms with Crippen LogP contribution in [-0.4, -0.2) is 12.2 Å². The average Bonchev–Trinajstić information content (AvgIpc) is 2.65. The molecule has 4 rings (SSSR count). The van der Waals surface area contributed by atoms with Gasteiger partial charge in [0.1, 0.15) is 11.4 Å². The minimum atomic E-state index is -1.08. The van der Waals surface area contributed by atoms with Gasteiger partial charge in [0.05, 0.1) is 13.2 Å². The van der Waals surface area contributed by atoms with Gasteiger partial charge in [0.2, 0.25) is 0 Å². The predicted molar refractivity (Wildman–Crippen MR) is 101 cm³/mol. The van der Waals surface area contributed by atoms with Gasteiger partial charge in [-0.2, -0.15) is 0 Å². The lowest BCUT2D eigenvalue weighted by Gasteiger charge is -2.41. The third-order valence-corrected chi connectivity index (χ3v) is 4.98. The van der Waals surface area contributed by atoms with Crippen molar-refractivity contribution >= 4 is 5.69 Å². The van der Waals surface area contributed by atoms with E-state index in [2.05, 4.69) is 17.4 Å². The summed E-state index contributed by atoms with van der Waals surface area (Å²) in [4.78, 5) is 0. The molecule has 2 atom stereocenters. The van der Waals surface area contributed by atoms with Crippen molar-refractivity contribution in [1.82, 2.24) is 0 Å². The highest BCUT2D eigenvalue weighted by molar-refractivity contribution is 5.81. The standard InChI is InChI=1S/C22H21NO2/c1-22(24)18-13-8-14-19(25-2)20(18)16-11-6-7-12-17(16)21(22)23-15-9-4-3-5-10-15/h3-14,21,23-24H,1-2H3/t21-,22-/m0/s1. The topological polar surface area (TPSA) is 41.5 Å². The first-order valence-electron chi connectivity index (χ1n) is 8.43. The summed E-state index contributed by atoms with van der Waals surface area (Å²) in [7, 11) is 1.67. The van der Waals surface area contributed by atoms with Crippen LogP contribution in [0.2, 0.25) is 0 Å². The lowest BCUT2D eigenvalue weighted by atomic mass is 9.72. The molecule has 0 heterocycles. The molecule has 0 bridgehead atoms. The van der Waals surface area contributed by atoms with Gasteiger partial charge >= 0.3 is 0 Å². The number of para-hydroxylation sites is 1. The third kappa shape index (κ3) is 2.48. The van der Waals surface area contributed by atoms with Crippen molar-refractivity contribution in [3.8, 4) is 16.9 Å². The zero-order chi connectivity index (χ0) is 17.4. The summed E-state index contributed by atoms with van der Waals surface area (Å²) < 4.78 is 5.58. The monoisotopic (exact) mass is 331 g/mol. The number of hydrogen-bond donors (Lipinski definition) is 2. The van der Waals surface area contributed by atoms with Gasteiger partial charge in [0.25, 0.3) is 0 Å². The Kier molecular flexibility index (Phi) is 3.74. The van der Waals surface area contributed by atoms with Gasteiger partial charge in [-0.25, -0.2) is 0 Å². The SMILES string of the molecule is COc1cccc2c1-c1ccccc1[C@H](Nc1ccccc1)[C@@]2(C)O. The van der Waals surface area contributed by atoms with Gasteiger partial charge in [-0.15, -0.1) is 0 Å². The van der Waals surface area contributed by atoms with Crippen LogP contribution >= 0.6 is 0 Å². The molecule has 0 spiro atoms. The summed E-state index contributed by atoms with van der Waals surface area (Å²) in [5.74, 6) is 0.781. The van der Waals surface area contributed by atoms with Crippen molar-refractivity contribution in [2.75, 3.05) is 12.4 Å². The number of aliphatic hydroxyl groups is 1. The van der Waals surface area contributed by atoms with Gasteiger partial charge in [-0.3, -0.25) is 0 Å². The molecular formula is C22H21NO2. The fourth-order valence-corrected chi connectivity index (χ4v) is 3.75. The van der Waals surface area contributed by atoms with E-state index in [-0.39, 0.29) is 6.04 Å². The van der Waals surface area contributed by atoms with Crippen molar-refractivity contribution < 1.29 is 9.84 Å². The summed E-state index contributed by atoms with van der Waals surface area (Å²) in [5.41, 5.74) is 3.90. The summed E-state index contributed by atoms with van der Waals surface area (Å²) in [6.07, 6.45) is 0. The Morgan fingerprint density at radius 2 is 1.64 bits per heavy atom. The number of nitrogens with one attached hydrogen (secondary N) is 1. The molecule has 25 heavy (non-hydrogen) atoms. The average molecular weight is 331 g/mol. The molecule has 3 heteroatoms. The van der Waals surface area contributed by atoms with Gasteiger partial charge in [0.15, 0.2) is 0 Å². The molecule has 126 valence electrons. The number of methoxy groups -OCH3 is 1. The highest BCUT2D eigenvalue weighted by Gasteiger charge is 2.43. The van der Waals surface area contributed by atoms with Crippen LogP contribution in [0.15, 0.2) is 72.8 Å². The van der Waals surface area contributed by atoms with E-state index in [1.807, 2.05) is 67.6 Å². The lowest BCUT2D eigenvalue weighted by molar-refractivity contribution is 0.0340. The molecule has 3 aromatic carbocycles. The molecule has 0 unspecified atom stereocenters. The molecule has 0 saturated carbocycles. The molecule has 1 aliphatic carbocycles. The summed E-state index contributed by atoms with van der Waals surface area (Å²) >= 11 is 0. The first kappa shape index (κ1) is 15.7. The minimum Gasteiger partial charge on any atom is -0.496 e. The maximum atomic E-state index is 11.5. The third-order valence-electron chi connectivity index (χ3n) is 4.98. The van der Waals surface area contributed by atoms with Gasteiger partial charge < -0.3 is 15.2 Å². The van der Waals surface area contributed by atoms with Crippen molar-refractivity contribution in [3.05, 3.63) is 83.9 Å². The van der Waals surface area contributed by atoms with Crippen LogP contribution in [0.4, 0.5) is 5.69 Å². The van der Waals surface area contributed by atoms with E-state index < -0.39 is 5.60 Å². The summed E-state index contributed by atoms with van der Waals surface area (Å²) in [6, 6.07) is 23.8. The molecule has 3 aromatic rings. The zero-order valence-electron chi connectivity index (χ0n) is 14.4. The van der Waals surface area contributed by atoms with Gasteiger partial charge in [0, 0.05) is 11.3 Å². The fraction of sp³-hybridized carbons (Fsp3) is 0.182. The highest BCUT2D eigenvalue weighted by Crippen LogP contribution is 2.51. The normalized spacial score (nSPS) is 21.2. The Balaban J connectivity index is 1.93. The van der Waals surface area contributed by atoms with Crippen LogP contribution in [0.5, 0.6) is 5.75 Å². The van der Waals surface area contributed by atoms with E-state index in [4.69, 9.17) is 4.74 Å². The Hall–Kier alpha value is -2.78. The van der Waals surface area contributed by atoms with Crippen LogP contribution in [0.25, 0.3) is 11.1 Å². The van der Waals surface area contributed by atoms with E-state index in [0.717, 1.165) is 33.7 Å². The first-order valence-corrected chi connectivity index (χ1v) is 8.43.